The zero-order valence-electron chi connectivity index (χ0n) is 15.0. The molecule has 0 bridgehead atoms. The van der Waals surface area contributed by atoms with E-state index in [4.69, 9.17) is 5.73 Å². The molecule has 0 spiro atoms. The van der Waals surface area contributed by atoms with Crippen LogP contribution in [0.25, 0.3) is 21.7 Å². The van der Waals surface area contributed by atoms with Gasteiger partial charge in [-0.05, 0) is 48.0 Å². The van der Waals surface area contributed by atoms with Gasteiger partial charge in [-0.15, -0.1) is 0 Å². The molecule has 138 valence electrons. The maximum Gasteiger partial charge on any atom is 0.224 e. The first-order valence-electron chi connectivity index (χ1n) is 8.93. The Morgan fingerprint density at radius 3 is 2.63 bits per heavy atom. The van der Waals surface area contributed by atoms with Crippen LogP contribution in [-0.2, 0) is 9.84 Å². The molecule has 3 aromatic carbocycles. The van der Waals surface area contributed by atoms with E-state index < -0.39 is 9.84 Å². The molecule has 1 heterocycles. The van der Waals surface area contributed by atoms with Gasteiger partial charge in [0.15, 0.2) is 5.03 Å². The number of aromatic nitrogens is 2. The van der Waals surface area contributed by atoms with Gasteiger partial charge in [0.1, 0.15) is 0 Å². The summed E-state index contributed by atoms with van der Waals surface area (Å²) in [5.41, 5.74) is 7.37. The molecule has 1 aromatic heterocycles. The standard InChI is InChI=1S/C21H21N3O2S/c1-14(11-12-22)16-9-10-19-18(13-16)21(24-23-19)27(25,26)20-8-4-6-15-5-2-3-7-17(15)20/h2-10,13-14H,11-12,22H2,1H3,(H,23,24). The number of fused-ring (bicyclic) bond motifs is 2. The highest BCUT2D eigenvalue weighted by Gasteiger charge is 2.25. The third-order valence-corrected chi connectivity index (χ3v) is 6.80. The van der Waals surface area contributed by atoms with Crippen molar-refractivity contribution in [3.8, 4) is 0 Å². The first kappa shape index (κ1) is 17.7. The number of nitrogens with zero attached hydrogens (tertiary/aromatic N) is 1. The number of nitrogens with one attached hydrogen (secondary N) is 1. The highest BCUT2D eigenvalue weighted by Crippen LogP contribution is 2.32. The molecular weight excluding hydrogens is 358 g/mol. The Bertz CT molecular complexity index is 1220. The van der Waals surface area contributed by atoms with Gasteiger partial charge in [-0.1, -0.05) is 49.4 Å². The second kappa shape index (κ2) is 6.79. The predicted molar refractivity (Wildman–Crippen MR) is 108 cm³/mol. The summed E-state index contributed by atoms with van der Waals surface area (Å²) in [5.74, 6) is 0.252. The first-order valence-corrected chi connectivity index (χ1v) is 10.4. The van der Waals surface area contributed by atoms with E-state index in [1.807, 2.05) is 48.5 Å². The third-order valence-electron chi connectivity index (χ3n) is 5.02. The Morgan fingerprint density at radius 1 is 1.04 bits per heavy atom. The minimum atomic E-state index is -3.75. The molecule has 0 aliphatic rings. The molecular formula is C21H21N3O2S. The van der Waals surface area contributed by atoms with E-state index in [-0.39, 0.29) is 15.8 Å². The highest BCUT2D eigenvalue weighted by molar-refractivity contribution is 7.91. The minimum absolute atomic E-state index is 0.135. The van der Waals surface area contributed by atoms with Gasteiger partial charge in [-0.25, -0.2) is 8.42 Å². The largest absolute Gasteiger partial charge is 0.330 e. The average Bonchev–Trinajstić information content (AvgIpc) is 3.11. The lowest BCUT2D eigenvalue weighted by atomic mass is 9.97. The molecule has 0 radical (unpaired) electrons. The number of benzene rings is 3. The summed E-state index contributed by atoms with van der Waals surface area (Å²) in [5, 5.41) is 9.30. The maximum absolute atomic E-state index is 13.4. The van der Waals surface area contributed by atoms with Crippen LogP contribution in [-0.4, -0.2) is 25.2 Å². The summed E-state index contributed by atoms with van der Waals surface area (Å²) in [4.78, 5) is 0.284. The molecule has 1 unspecified atom stereocenters. The van der Waals surface area contributed by atoms with Crippen LogP contribution >= 0.6 is 0 Å². The number of nitrogens with two attached hydrogens (primary N) is 1. The van der Waals surface area contributed by atoms with Gasteiger partial charge in [0, 0.05) is 10.8 Å². The number of hydrogen-bond acceptors (Lipinski definition) is 4. The minimum Gasteiger partial charge on any atom is -0.330 e. The van der Waals surface area contributed by atoms with Gasteiger partial charge >= 0.3 is 0 Å². The van der Waals surface area contributed by atoms with E-state index in [0.717, 1.165) is 17.4 Å². The first-order chi connectivity index (χ1) is 13.0. The normalized spacial score (nSPS) is 13.3. The van der Waals surface area contributed by atoms with E-state index in [0.29, 0.717) is 22.8 Å². The molecule has 5 nitrogen and oxygen atoms in total. The topological polar surface area (TPSA) is 88.8 Å². The van der Waals surface area contributed by atoms with Crippen LogP contribution < -0.4 is 5.73 Å². The van der Waals surface area contributed by atoms with Crippen molar-refractivity contribution in [2.75, 3.05) is 6.54 Å². The molecule has 4 rings (SSSR count). The van der Waals surface area contributed by atoms with Crippen molar-refractivity contribution >= 4 is 31.5 Å². The molecule has 6 heteroatoms. The summed E-state index contributed by atoms with van der Waals surface area (Å²) in [6.45, 7) is 2.68. The van der Waals surface area contributed by atoms with Crippen molar-refractivity contribution in [3.05, 3.63) is 66.2 Å². The van der Waals surface area contributed by atoms with Gasteiger partial charge < -0.3 is 5.73 Å². The highest BCUT2D eigenvalue weighted by atomic mass is 32.2. The fraction of sp³-hybridized carbons (Fsp3) is 0.190. The van der Waals surface area contributed by atoms with E-state index in [9.17, 15) is 8.42 Å². The number of sulfone groups is 1. The van der Waals surface area contributed by atoms with Crippen molar-refractivity contribution in [3.63, 3.8) is 0 Å². The molecule has 0 fully saturated rings. The maximum atomic E-state index is 13.4. The number of rotatable bonds is 5. The SMILES string of the molecule is CC(CCN)c1ccc2n[nH]c(S(=O)(=O)c3cccc4ccccc34)c2c1. The van der Waals surface area contributed by atoms with Crippen LogP contribution in [0.3, 0.4) is 0 Å². The summed E-state index contributed by atoms with van der Waals surface area (Å²) < 4.78 is 26.9. The molecule has 1 atom stereocenters. The number of hydrogen-bond donors (Lipinski definition) is 2. The fourth-order valence-corrected chi connectivity index (χ4v) is 5.04. The Balaban J connectivity index is 1.91. The van der Waals surface area contributed by atoms with Crippen molar-refractivity contribution in [1.29, 1.82) is 0 Å². The van der Waals surface area contributed by atoms with Crippen molar-refractivity contribution in [1.82, 2.24) is 10.2 Å². The number of aromatic amines is 1. The monoisotopic (exact) mass is 379 g/mol. The van der Waals surface area contributed by atoms with Gasteiger partial charge in [0.05, 0.1) is 10.4 Å². The zero-order valence-corrected chi connectivity index (χ0v) is 15.8. The molecule has 0 amide bonds. The molecule has 3 N–H and O–H groups in total. The van der Waals surface area contributed by atoms with Crippen LogP contribution in [0.1, 0.15) is 24.8 Å². The number of H-pyrrole nitrogens is 1. The van der Waals surface area contributed by atoms with Crippen molar-refractivity contribution in [2.24, 2.45) is 5.73 Å². The summed E-state index contributed by atoms with van der Waals surface area (Å²) >= 11 is 0. The quantitative estimate of drug-likeness (QED) is 0.548. The molecule has 0 aliphatic heterocycles. The van der Waals surface area contributed by atoms with E-state index in [1.165, 1.54) is 0 Å². The smallest absolute Gasteiger partial charge is 0.224 e. The molecule has 0 saturated heterocycles. The van der Waals surface area contributed by atoms with Crippen molar-refractivity contribution < 1.29 is 8.42 Å². The second-order valence-corrected chi connectivity index (χ2v) is 8.64. The summed E-state index contributed by atoms with van der Waals surface area (Å²) in [6.07, 6.45) is 0.842. The Morgan fingerprint density at radius 2 is 1.81 bits per heavy atom. The molecule has 4 aromatic rings. The van der Waals surface area contributed by atoms with Gasteiger partial charge in [0.2, 0.25) is 9.84 Å². The van der Waals surface area contributed by atoms with Crippen LogP contribution in [0.4, 0.5) is 0 Å². The predicted octanol–water partition coefficient (Wildman–Crippen LogP) is 4.00. The van der Waals surface area contributed by atoms with E-state index in [2.05, 4.69) is 17.1 Å². The zero-order chi connectivity index (χ0) is 19.0. The average molecular weight is 379 g/mol. The van der Waals surface area contributed by atoms with E-state index >= 15 is 0 Å². The molecule has 0 saturated carbocycles. The summed E-state index contributed by atoms with van der Waals surface area (Å²) in [7, 11) is -3.75. The van der Waals surface area contributed by atoms with Crippen LogP contribution in [0.2, 0.25) is 0 Å². The molecule has 27 heavy (non-hydrogen) atoms. The van der Waals surface area contributed by atoms with Gasteiger partial charge in [-0.3, -0.25) is 5.10 Å². The Labute approximate surface area is 158 Å². The fourth-order valence-electron chi connectivity index (χ4n) is 3.47. The Kier molecular flexibility index (Phi) is 4.45. The van der Waals surface area contributed by atoms with E-state index in [1.54, 1.807) is 12.1 Å². The molecule has 0 aliphatic carbocycles. The lowest BCUT2D eigenvalue weighted by Gasteiger charge is -2.11. The third kappa shape index (κ3) is 3.01. The second-order valence-electron chi connectivity index (χ2n) is 6.79. The summed E-state index contributed by atoms with van der Waals surface area (Å²) in [6, 6.07) is 18.6. The van der Waals surface area contributed by atoms with Crippen molar-refractivity contribution in [2.45, 2.75) is 29.2 Å². The van der Waals surface area contributed by atoms with Gasteiger partial charge in [0.25, 0.3) is 0 Å². The van der Waals surface area contributed by atoms with Crippen LogP contribution in [0.15, 0.2) is 70.6 Å². The van der Waals surface area contributed by atoms with Gasteiger partial charge in [-0.2, -0.15) is 5.10 Å². The van der Waals surface area contributed by atoms with Crippen LogP contribution in [0.5, 0.6) is 0 Å². The Hall–Kier alpha value is -2.70. The lowest BCUT2D eigenvalue weighted by molar-refractivity contribution is 0.593. The van der Waals surface area contributed by atoms with Crippen LogP contribution in [0, 0.1) is 0 Å². The lowest BCUT2D eigenvalue weighted by Crippen LogP contribution is -2.05.